The summed E-state index contributed by atoms with van der Waals surface area (Å²) in [6, 6.07) is 3.09. The number of carboxylic acids is 1. The Labute approximate surface area is 229 Å². The summed E-state index contributed by atoms with van der Waals surface area (Å²) >= 11 is 4.66. The minimum atomic E-state index is -3.19. The number of nitrogens with zero attached hydrogens (tertiary/aromatic N) is 3. The quantitative estimate of drug-likeness (QED) is 0.333. The molecular formula is C25H24BrF3N4O4S. The van der Waals surface area contributed by atoms with E-state index < -0.39 is 42.2 Å². The number of carbonyl (C=O) groups excluding carboxylic acids is 1. The Kier molecular flexibility index (Phi) is 8.68. The van der Waals surface area contributed by atoms with Crippen molar-refractivity contribution in [1.29, 1.82) is 0 Å². The van der Waals surface area contributed by atoms with Crippen LogP contribution in [0.3, 0.4) is 0 Å². The number of halogens is 4. The maximum Gasteiger partial charge on any atom is 0.338 e. The molecule has 1 saturated heterocycles. The van der Waals surface area contributed by atoms with E-state index in [1.807, 2.05) is 0 Å². The van der Waals surface area contributed by atoms with Gasteiger partial charge in [0.2, 0.25) is 0 Å². The highest BCUT2D eigenvalue weighted by molar-refractivity contribution is 9.10. The van der Waals surface area contributed by atoms with Gasteiger partial charge in [-0.25, -0.2) is 27.7 Å². The van der Waals surface area contributed by atoms with Gasteiger partial charge < -0.3 is 15.2 Å². The lowest BCUT2D eigenvalue weighted by Gasteiger charge is -2.38. The number of amidine groups is 1. The van der Waals surface area contributed by atoms with Gasteiger partial charge in [0.05, 0.1) is 18.7 Å². The van der Waals surface area contributed by atoms with Crippen LogP contribution in [0.4, 0.5) is 13.2 Å². The van der Waals surface area contributed by atoms with Gasteiger partial charge in [-0.15, -0.1) is 11.3 Å². The Morgan fingerprint density at radius 3 is 2.82 bits per heavy atom. The van der Waals surface area contributed by atoms with Crippen molar-refractivity contribution in [3.05, 3.63) is 74.1 Å². The maximum atomic E-state index is 14.9. The average molecular weight is 613 g/mol. The fourth-order valence-corrected chi connectivity index (χ4v) is 5.54. The second-order valence-corrected chi connectivity index (χ2v) is 10.4. The number of hydrogen-bond donors (Lipinski definition) is 2. The number of thiazole rings is 1. The zero-order valence-corrected chi connectivity index (χ0v) is 22.6. The molecule has 2 N–H and O–H groups in total. The van der Waals surface area contributed by atoms with E-state index in [0.717, 1.165) is 12.2 Å². The third-order valence-corrected chi connectivity index (χ3v) is 7.57. The van der Waals surface area contributed by atoms with E-state index >= 15 is 0 Å². The van der Waals surface area contributed by atoms with Gasteiger partial charge in [-0.05, 0) is 37.6 Å². The van der Waals surface area contributed by atoms with Crippen LogP contribution in [0.15, 0.2) is 62.7 Å². The Balaban J connectivity index is 1.73. The van der Waals surface area contributed by atoms with Crippen LogP contribution in [0.1, 0.15) is 30.0 Å². The number of alkyl halides is 2. The number of piperidine rings is 1. The fraction of sp³-hybridized carbons (Fsp3) is 0.360. The molecule has 4 rings (SSSR count). The van der Waals surface area contributed by atoms with Crippen molar-refractivity contribution in [2.75, 3.05) is 26.2 Å². The molecule has 3 heterocycles. The normalized spacial score (nSPS) is 21.8. The summed E-state index contributed by atoms with van der Waals surface area (Å²) < 4.78 is 49.5. The number of ether oxygens (including phenoxy) is 1. The predicted molar refractivity (Wildman–Crippen MR) is 139 cm³/mol. The number of aromatic nitrogens is 1. The van der Waals surface area contributed by atoms with E-state index in [4.69, 9.17) is 14.8 Å². The van der Waals surface area contributed by atoms with Gasteiger partial charge in [-0.2, -0.15) is 0 Å². The van der Waals surface area contributed by atoms with Crippen LogP contribution in [-0.4, -0.2) is 64.9 Å². The van der Waals surface area contributed by atoms with Crippen LogP contribution in [-0.2, 0) is 14.3 Å². The first kappa shape index (κ1) is 28.0. The summed E-state index contributed by atoms with van der Waals surface area (Å²) in [5, 5.41) is 14.2. The highest BCUT2D eigenvalue weighted by Crippen LogP contribution is 2.38. The average Bonchev–Trinajstić information content (AvgIpc) is 3.38. The molecule has 0 radical (unpaired) electrons. The van der Waals surface area contributed by atoms with Gasteiger partial charge in [0, 0.05) is 40.3 Å². The molecule has 1 aromatic carbocycles. The molecule has 1 aromatic heterocycles. The highest BCUT2D eigenvalue weighted by Gasteiger charge is 2.44. The molecule has 13 heteroatoms. The fourth-order valence-electron chi connectivity index (χ4n) is 4.39. The zero-order chi connectivity index (χ0) is 27.4. The van der Waals surface area contributed by atoms with Crippen molar-refractivity contribution in [2.24, 2.45) is 10.9 Å². The lowest BCUT2D eigenvalue weighted by Crippen LogP contribution is -2.50. The van der Waals surface area contributed by atoms with Crippen molar-refractivity contribution in [3.8, 4) is 0 Å². The van der Waals surface area contributed by atoms with Crippen molar-refractivity contribution in [2.45, 2.75) is 25.3 Å². The summed E-state index contributed by atoms with van der Waals surface area (Å²) in [7, 11) is 0. The van der Waals surface area contributed by atoms with Crippen molar-refractivity contribution in [3.63, 3.8) is 0 Å². The summed E-state index contributed by atoms with van der Waals surface area (Å²) in [6.07, 6.45) is 3.38. The summed E-state index contributed by atoms with van der Waals surface area (Å²) in [5.74, 6) is -6.51. The molecule has 0 bridgehead atoms. The van der Waals surface area contributed by atoms with Crippen molar-refractivity contribution >= 4 is 45.0 Å². The molecule has 202 valence electrons. The number of aliphatic carboxylic acids is 1. The molecule has 1 unspecified atom stereocenters. The molecule has 38 heavy (non-hydrogen) atoms. The number of rotatable bonds is 8. The number of aliphatic imine (C=N–C) groups is 1. The Morgan fingerprint density at radius 2 is 2.18 bits per heavy atom. The van der Waals surface area contributed by atoms with E-state index in [1.54, 1.807) is 18.5 Å². The number of nitrogens with one attached hydrogen (secondary N) is 1. The minimum Gasteiger partial charge on any atom is -0.478 e. The molecule has 1 fully saturated rings. The molecular weight excluding hydrogens is 589 g/mol. The smallest absolute Gasteiger partial charge is 0.338 e. The monoisotopic (exact) mass is 612 g/mol. The number of benzene rings is 1. The largest absolute Gasteiger partial charge is 0.478 e. The van der Waals surface area contributed by atoms with E-state index in [1.165, 1.54) is 34.4 Å². The first-order valence-electron chi connectivity index (χ1n) is 11.7. The number of allylic oxidation sites excluding steroid dienone is 1. The first-order valence-corrected chi connectivity index (χ1v) is 13.4. The zero-order valence-electron chi connectivity index (χ0n) is 20.2. The summed E-state index contributed by atoms with van der Waals surface area (Å²) in [6.45, 7) is 1.27. The third kappa shape index (κ3) is 6.33. The second-order valence-electron chi connectivity index (χ2n) is 8.69. The van der Waals surface area contributed by atoms with Gasteiger partial charge in [0.1, 0.15) is 11.9 Å². The third-order valence-electron chi connectivity index (χ3n) is 6.10. The van der Waals surface area contributed by atoms with Crippen LogP contribution in [0, 0.1) is 11.7 Å². The van der Waals surface area contributed by atoms with E-state index in [9.17, 15) is 22.8 Å². The molecule has 0 amide bonds. The second kappa shape index (κ2) is 11.8. The first-order chi connectivity index (χ1) is 18.1. The number of esters is 1. The lowest BCUT2D eigenvalue weighted by atomic mass is 9.91. The number of carbonyl (C=O) groups is 2. The van der Waals surface area contributed by atoms with Gasteiger partial charge in [-0.1, -0.05) is 28.1 Å². The highest BCUT2D eigenvalue weighted by atomic mass is 79.9. The van der Waals surface area contributed by atoms with Crippen molar-refractivity contribution in [1.82, 2.24) is 15.2 Å². The summed E-state index contributed by atoms with van der Waals surface area (Å²) in [4.78, 5) is 34.5. The number of carboxylic acid groups (broad SMARTS) is 1. The number of likely N-dealkylation sites (tertiary alicyclic amines) is 1. The molecule has 0 spiro atoms. The molecule has 0 aliphatic carbocycles. The number of hydrogen-bond acceptors (Lipinski definition) is 8. The van der Waals surface area contributed by atoms with E-state index in [0.29, 0.717) is 26.6 Å². The van der Waals surface area contributed by atoms with Crippen LogP contribution >= 0.6 is 27.3 Å². The molecule has 2 aliphatic heterocycles. The van der Waals surface area contributed by atoms with Crippen LogP contribution in [0.25, 0.3) is 0 Å². The molecule has 0 saturated carbocycles. The van der Waals surface area contributed by atoms with Crippen molar-refractivity contribution < 1.29 is 32.6 Å². The Hall–Kier alpha value is -3.03. The predicted octanol–water partition coefficient (Wildman–Crippen LogP) is 4.55. The van der Waals surface area contributed by atoms with Crippen LogP contribution < -0.4 is 5.32 Å². The van der Waals surface area contributed by atoms with E-state index in [-0.39, 0.29) is 31.7 Å². The lowest BCUT2D eigenvalue weighted by molar-refractivity contribution is -0.139. The SMILES string of the molecule is CCOC(=O)C1=C(CN2CCC(/C=C/C(=O)O)C(F)(F)C2)NC(c2nccs2)=N[C@H]1c1ccc(F)cc1Br. The van der Waals surface area contributed by atoms with Crippen LogP contribution in [0.2, 0.25) is 0 Å². The van der Waals surface area contributed by atoms with Gasteiger partial charge in [0.25, 0.3) is 5.92 Å². The van der Waals surface area contributed by atoms with Gasteiger partial charge in [-0.3, -0.25) is 9.89 Å². The van der Waals surface area contributed by atoms with Crippen LogP contribution in [0.5, 0.6) is 0 Å². The minimum absolute atomic E-state index is 0.0269. The van der Waals surface area contributed by atoms with Gasteiger partial charge >= 0.3 is 11.9 Å². The Morgan fingerprint density at radius 1 is 1.39 bits per heavy atom. The standard InChI is InChI=1S/C25H24BrF3N4O4S/c1-2-37-24(36)20-18(12-33-9-7-14(3-6-19(34)35)25(28,29)13-33)31-22(23-30-8-10-38-23)32-21(20)16-5-4-15(27)11-17(16)26/h3-6,8,10-11,14,21H,2,7,9,12-13H2,1H3,(H,31,32)(H,34,35)/b6-3+/t14?,21-/m0/s1. The molecule has 2 atom stereocenters. The van der Waals surface area contributed by atoms with Gasteiger partial charge in [0.15, 0.2) is 10.8 Å². The van der Waals surface area contributed by atoms with E-state index in [2.05, 4.69) is 26.2 Å². The summed E-state index contributed by atoms with van der Waals surface area (Å²) in [5.41, 5.74) is 0.932. The molecule has 2 aliphatic rings. The topological polar surface area (TPSA) is 104 Å². The Bertz CT molecular complexity index is 1300. The molecule has 2 aromatic rings. The molecule has 8 nitrogen and oxygen atoms in total. The maximum absolute atomic E-state index is 14.9.